The van der Waals surface area contributed by atoms with Crippen LogP contribution in [0.2, 0.25) is 0 Å². The van der Waals surface area contributed by atoms with E-state index in [1.54, 1.807) is 12.1 Å². The van der Waals surface area contributed by atoms with E-state index in [0.29, 0.717) is 4.90 Å². The maximum Gasteiger partial charge on any atom is 0.406 e. The number of aromatic nitrogens is 2. The summed E-state index contributed by atoms with van der Waals surface area (Å²) in [5, 5.41) is 7.86. The maximum absolute atomic E-state index is 12.8. The molecule has 0 fully saturated rings. The predicted octanol–water partition coefficient (Wildman–Crippen LogP) is 4.32. The lowest BCUT2D eigenvalue weighted by atomic mass is 10.1. The number of amides is 1. The molecular weight excluding hydrogens is 395 g/mol. The van der Waals surface area contributed by atoms with Crippen LogP contribution < -0.4 is 0 Å². The lowest BCUT2D eigenvalue weighted by Crippen LogP contribution is -2.39. The van der Waals surface area contributed by atoms with Crippen molar-refractivity contribution >= 4 is 17.7 Å². The summed E-state index contributed by atoms with van der Waals surface area (Å²) in [6.07, 6.45) is -3.18. The lowest BCUT2D eigenvalue weighted by Gasteiger charge is -2.22. The highest BCUT2D eigenvalue weighted by Crippen LogP contribution is 2.25. The second-order valence-corrected chi connectivity index (χ2v) is 6.90. The van der Waals surface area contributed by atoms with E-state index in [-0.39, 0.29) is 29.2 Å². The van der Waals surface area contributed by atoms with Gasteiger partial charge in [0.25, 0.3) is 5.22 Å². The zero-order chi connectivity index (χ0) is 20.1. The van der Waals surface area contributed by atoms with Gasteiger partial charge in [0.1, 0.15) is 12.3 Å². The molecule has 0 spiro atoms. The quantitative estimate of drug-likeness (QED) is 0.539. The number of hydrogen-bond donors (Lipinski definition) is 0. The van der Waals surface area contributed by atoms with Crippen molar-refractivity contribution in [2.24, 2.45) is 0 Å². The molecule has 0 unspecified atom stereocenters. The average molecular weight is 411 g/mol. The molecule has 0 aliphatic rings. The minimum absolute atomic E-state index is 0.106. The first kappa shape index (κ1) is 20.0. The average Bonchev–Trinajstić information content (AvgIpc) is 3.30. The van der Waals surface area contributed by atoms with E-state index >= 15 is 0 Å². The van der Waals surface area contributed by atoms with Crippen molar-refractivity contribution in [2.45, 2.75) is 24.9 Å². The van der Waals surface area contributed by atoms with E-state index in [4.69, 9.17) is 8.83 Å². The van der Waals surface area contributed by atoms with E-state index in [9.17, 15) is 18.0 Å². The largest absolute Gasteiger partial charge is 0.467 e. The van der Waals surface area contributed by atoms with E-state index in [1.807, 2.05) is 25.1 Å². The number of halogens is 3. The van der Waals surface area contributed by atoms with Crippen molar-refractivity contribution in [1.82, 2.24) is 15.1 Å². The molecular formula is C18H16F3N3O3S. The Morgan fingerprint density at radius 3 is 2.71 bits per heavy atom. The molecule has 0 saturated carbocycles. The third-order valence-electron chi connectivity index (χ3n) is 3.64. The molecule has 3 rings (SSSR count). The standard InChI is InChI=1S/C18H16F3N3O3S/c1-12-4-2-5-13(8-12)16-22-23-17(27-16)28-10-15(25)24(11-18(19,20)21)9-14-6-3-7-26-14/h2-8H,9-11H2,1H3. The first-order valence-corrected chi connectivity index (χ1v) is 9.19. The summed E-state index contributed by atoms with van der Waals surface area (Å²) in [5.74, 6) is -0.441. The minimum Gasteiger partial charge on any atom is -0.467 e. The summed E-state index contributed by atoms with van der Waals surface area (Å²) in [5.41, 5.74) is 1.74. The van der Waals surface area contributed by atoms with Gasteiger partial charge >= 0.3 is 6.18 Å². The molecule has 0 N–H and O–H groups in total. The molecule has 148 valence electrons. The normalized spacial score (nSPS) is 11.6. The van der Waals surface area contributed by atoms with E-state index in [1.165, 1.54) is 12.3 Å². The van der Waals surface area contributed by atoms with Gasteiger partial charge in [-0.25, -0.2) is 0 Å². The third-order valence-corrected chi connectivity index (χ3v) is 4.44. The smallest absolute Gasteiger partial charge is 0.406 e. The van der Waals surface area contributed by atoms with Crippen LogP contribution in [0.4, 0.5) is 13.2 Å². The molecule has 1 aromatic carbocycles. The molecule has 0 saturated heterocycles. The van der Waals surface area contributed by atoms with Gasteiger partial charge in [-0.3, -0.25) is 4.79 Å². The van der Waals surface area contributed by atoms with Gasteiger partial charge in [-0.15, -0.1) is 10.2 Å². The van der Waals surface area contributed by atoms with Crippen LogP contribution in [0.5, 0.6) is 0 Å². The second-order valence-electron chi connectivity index (χ2n) is 5.98. The maximum atomic E-state index is 12.8. The van der Waals surface area contributed by atoms with E-state index in [0.717, 1.165) is 22.9 Å². The van der Waals surface area contributed by atoms with Crippen molar-refractivity contribution in [3.05, 3.63) is 54.0 Å². The molecule has 6 nitrogen and oxygen atoms in total. The number of nitrogens with zero attached hydrogens (tertiary/aromatic N) is 3. The molecule has 10 heteroatoms. The zero-order valence-electron chi connectivity index (χ0n) is 14.8. The van der Waals surface area contributed by atoms with Crippen LogP contribution in [-0.2, 0) is 11.3 Å². The molecule has 0 aliphatic carbocycles. The first-order valence-electron chi connectivity index (χ1n) is 8.20. The SMILES string of the molecule is Cc1cccc(-c2nnc(SCC(=O)N(Cc3ccco3)CC(F)(F)F)o2)c1. The fourth-order valence-electron chi connectivity index (χ4n) is 2.42. The van der Waals surface area contributed by atoms with E-state index in [2.05, 4.69) is 10.2 Å². The summed E-state index contributed by atoms with van der Waals surface area (Å²) in [6, 6.07) is 10.5. The van der Waals surface area contributed by atoms with Gasteiger partial charge in [-0.2, -0.15) is 13.2 Å². The third kappa shape index (κ3) is 5.62. The van der Waals surface area contributed by atoms with Gasteiger partial charge in [-0.05, 0) is 31.2 Å². The molecule has 1 amide bonds. The Kier molecular flexibility index (Phi) is 6.08. The van der Waals surface area contributed by atoms with Crippen molar-refractivity contribution < 1.29 is 26.8 Å². The van der Waals surface area contributed by atoms with Crippen molar-refractivity contribution in [3.63, 3.8) is 0 Å². The van der Waals surface area contributed by atoms with Crippen molar-refractivity contribution in [1.29, 1.82) is 0 Å². The number of aryl methyl sites for hydroxylation is 1. The van der Waals surface area contributed by atoms with Crippen LogP contribution >= 0.6 is 11.8 Å². The molecule has 2 heterocycles. The predicted molar refractivity (Wildman–Crippen MR) is 95.4 cm³/mol. The van der Waals surface area contributed by atoms with Crippen LogP contribution in [0.15, 0.2) is 56.7 Å². The highest BCUT2D eigenvalue weighted by atomic mass is 32.2. The number of carbonyl (C=O) groups excluding carboxylic acids is 1. The number of furan rings is 1. The fourth-order valence-corrected chi connectivity index (χ4v) is 3.08. The van der Waals surface area contributed by atoms with Gasteiger partial charge in [0.15, 0.2) is 0 Å². The molecule has 0 bridgehead atoms. The van der Waals surface area contributed by atoms with Crippen molar-refractivity contribution in [2.75, 3.05) is 12.3 Å². The number of benzene rings is 1. The van der Waals surface area contributed by atoms with Gasteiger partial charge in [0.2, 0.25) is 11.8 Å². The first-order chi connectivity index (χ1) is 13.3. The lowest BCUT2D eigenvalue weighted by molar-refractivity contribution is -0.161. The number of carbonyl (C=O) groups is 1. The van der Waals surface area contributed by atoms with Crippen LogP contribution in [-0.4, -0.2) is 39.5 Å². The Labute approximate surface area is 162 Å². The molecule has 28 heavy (non-hydrogen) atoms. The topological polar surface area (TPSA) is 72.4 Å². The zero-order valence-corrected chi connectivity index (χ0v) is 15.6. The Balaban J connectivity index is 1.64. The number of thioether (sulfide) groups is 1. The summed E-state index contributed by atoms with van der Waals surface area (Å²) in [7, 11) is 0. The van der Waals surface area contributed by atoms with Gasteiger partial charge in [0, 0.05) is 5.56 Å². The fraction of sp³-hybridized carbons (Fsp3) is 0.278. The number of hydrogen-bond acceptors (Lipinski definition) is 6. The van der Waals surface area contributed by atoms with Gasteiger partial charge in [0.05, 0.1) is 18.6 Å². The summed E-state index contributed by atoms with van der Waals surface area (Å²) >= 11 is 0.886. The highest BCUT2D eigenvalue weighted by molar-refractivity contribution is 7.99. The van der Waals surface area contributed by atoms with Crippen LogP contribution in [0.1, 0.15) is 11.3 Å². The Morgan fingerprint density at radius 1 is 1.21 bits per heavy atom. The van der Waals surface area contributed by atoms with Crippen molar-refractivity contribution in [3.8, 4) is 11.5 Å². The highest BCUT2D eigenvalue weighted by Gasteiger charge is 2.33. The number of rotatable bonds is 7. The van der Waals surface area contributed by atoms with Crippen LogP contribution in [0.25, 0.3) is 11.5 Å². The van der Waals surface area contributed by atoms with Gasteiger partial charge < -0.3 is 13.7 Å². The summed E-state index contributed by atoms with van der Waals surface area (Å²) in [4.78, 5) is 13.0. The molecule has 0 aliphatic heterocycles. The summed E-state index contributed by atoms with van der Waals surface area (Å²) in [6.45, 7) is 0.276. The second kappa shape index (κ2) is 8.51. The Morgan fingerprint density at radius 2 is 2.04 bits per heavy atom. The van der Waals surface area contributed by atoms with Crippen LogP contribution in [0.3, 0.4) is 0 Å². The monoisotopic (exact) mass is 411 g/mol. The summed E-state index contributed by atoms with van der Waals surface area (Å²) < 4.78 is 49.0. The Bertz CT molecular complexity index is 926. The van der Waals surface area contributed by atoms with E-state index < -0.39 is 18.6 Å². The number of alkyl halides is 3. The molecule has 0 radical (unpaired) electrons. The minimum atomic E-state index is -4.52. The van der Waals surface area contributed by atoms with Gasteiger partial charge in [-0.1, -0.05) is 29.5 Å². The molecule has 3 aromatic rings. The van der Waals surface area contributed by atoms with Crippen LogP contribution in [0, 0.1) is 6.92 Å². The molecule has 2 aromatic heterocycles. The Hall–Kier alpha value is -2.75. The molecule has 0 atom stereocenters.